The van der Waals surface area contributed by atoms with Gasteiger partial charge in [0.05, 0.1) is 5.39 Å². The molecule has 5 rings (SSSR count). The topological polar surface area (TPSA) is 88.8 Å². The van der Waals surface area contributed by atoms with Crippen molar-refractivity contribution in [1.82, 2.24) is 4.72 Å². The number of amides is 1. The minimum atomic E-state index is -4.38. The molecule has 1 N–H and O–H groups in total. The Kier molecular flexibility index (Phi) is 6.65. The molecule has 0 aliphatic carbocycles. The van der Waals surface area contributed by atoms with Crippen LogP contribution in [0.15, 0.2) is 76.0 Å². The zero-order valence-electron chi connectivity index (χ0n) is 21.5. The molecule has 0 saturated carbocycles. The fourth-order valence-corrected chi connectivity index (χ4v) is 5.35. The lowest BCUT2D eigenvalue weighted by atomic mass is 9.87. The number of hydrogen-bond donors (Lipinski definition) is 1. The summed E-state index contributed by atoms with van der Waals surface area (Å²) in [4.78, 5) is 14.8. The normalized spacial score (nSPS) is 13.8. The molecule has 1 aromatic heterocycles. The number of sulfonamides is 1. The van der Waals surface area contributed by atoms with Gasteiger partial charge in [-0.15, -0.1) is 0 Å². The van der Waals surface area contributed by atoms with Gasteiger partial charge in [-0.2, -0.15) is 0 Å². The lowest BCUT2D eigenvalue weighted by molar-refractivity contribution is 0.0956. The van der Waals surface area contributed by atoms with Crippen molar-refractivity contribution in [2.75, 3.05) is 18.0 Å². The molecule has 0 atom stereocenters. The third-order valence-electron chi connectivity index (χ3n) is 6.58. The van der Waals surface area contributed by atoms with E-state index in [1.165, 1.54) is 18.2 Å². The highest BCUT2D eigenvalue weighted by molar-refractivity contribution is 7.90. The number of ether oxygens (including phenoxy) is 1. The second-order valence-corrected chi connectivity index (χ2v) is 12.1. The fourth-order valence-electron chi connectivity index (χ4n) is 4.22. The largest absolute Gasteiger partial charge is 0.487 e. The summed E-state index contributed by atoms with van der Waals surface area (Å²) >= 11 is 0. The molecule has 7 nitrogen and oxygen atoms in total. The maximum atomic E-state index is 14.7. The molecule has 0 spiro atoms. The maximum absolute atomic E-state index is 14.7. The van der Waals surface area contributed by atoms with Crippen LogP contribution in [0.3, 0.4) is 0 Å². The van der Waals surface area contributed by atoms with Gasteiger partial charge in [0, 0.05) is 30.9 Å². The van der Waals surface area contributed by atoms with Crippen molar-refractivity contribution in [3.8, 4) is 5.75 Å². The molecule has 1 aliphatic rings. The van der Waals surface area contributed by atoms with Crippen LogP contribution in [0.1, 0.15) is 48.9 Å². The van der Waals surface area contributed by atoms with E-state index in [1.54, 1.807) is 18.2 Å². The molecule has 0 unspecified atom stereocenters. The molecule has 4 aromatic rings. The van der Waals surface area contributed by atoms with Crippen molar-refractivity contribution in [3.05, 3.63) is 89.4 Å². The summed E-state index contributed by atoms with van der Waals surface area (Å²) in [6.45, 7) is 7.66. The number of nitrogens with zero attached hydrogens (tertiary/aromatic N) is 1. The predicted octanol–water partition coefficient (Wildman–Crippen LogP) is 5.78. The van der Waals surface area contributed by atoms with E-state index in [9.17, 15) is 17.6 Å². The number of carbonyl (C=O) groups is 1. The van der Waals surface area contributed by atoms with E-state index in [4.69, 9.17) is 9.15 Å². The minimum Gasteiger partial charge on any atom is -0.487 e. The van der Waals surface area contributed by atoms with Crippen molar-refractivity contribution in [2.24, 2.45) is 0 Å². The summed E-state index contributed by atoms with van der Waals surface area (Å²) < 4.78 is 55.2. The van der Waals surface area contributed by atoms with Gasteiger partial charge in [-0.05, 0) is 41.2 Å². The van der Waals surface area contributed by atoms with Gasteiger partial charge in [0.25, 0.3) is 10.0 Å². The van der Waals surface area contributed by atoms with Crippen LogP contribution in [0, 0.1) is 5.82 Å². The van der Waals surface area contributed by atoms with Gasteiger partial charge in [0.2, 0.25) is 0 Å². The summed E-state index contributed by atoms with van der Waals surface area (Å²) in [7, 11) is -4.38. The second-order valence-electron chi connectivity index (χ2n) is 10.4. The van der Waals surface area contributed by atoms with Crippen molar-refractivity contribution in [3.63, 3.8) is 0 Å². The van der Waals surface area contributed by atoms with Crippen LogP contribution >= 0.6 is 0 Å². The molecule has 38 heavy (non-hydrogen) atoms. The summed E-state index contributed by atoms with van der Waals surface area (Å²) in [5.41, 5.74) is 2.10. The number of hydrogen-bond acceptors (Lipinski definition) is 6. The number of rotatable bonds is 7. The van der Waals surface area contributed by atoms with Crippen molar-refractivity contribution in [2.45, 2.75) is 44.1 Å². The molecule has 0 bridgehead atoms. The molecule has 1 aliphatic heterocycles. The first kappa shape index (κ1) is 25.8. The average Bonchev–Trinajstić information content (AvgIpc) is 3.27. The number of benzene rings is 3. The average molecular weight is 537 g/mol. The summed E-state index contributed by atoms with van der Waals surface area (Å²) in [6, 6.07) is 18.5. The van der Waals surface area contributed by atoms with Gasteiger partial charge in [0.1, 0.15) is 28.7 Å². The molecule has 9 heteroatoms. The zero-order valence-corrected chi connectivity index (χ0v) is 22.3. The highest BCUT2D eigenvalue weighted by atomic mass is 32.2. The molecule has 2 heterocycles. The Morgan fingerprint density at radius 3 is 2.45 bits per heavy atom. The van der Waals surface area contributed by atoms with Crippen LogP contribution in [0.5, 0.6) is 5.75 Å². The summed E-state index contributed by atoms with van der Waals surface area (Å²) in [6.07, 6.45) is 1.02. The van der Waals surface area contributed by atoms with E-state index in [2.05, 4.69) is 4.72 Å². The van der Waals surface area contributed by atoms with Crippen LogP contribution in [-0.2, 0) is 22.0 Å². The van der Waals surface area contributed by atoms with Crippen LogP contribution in [0.4, 0.5) is 10.1 Å². The second kappa shape index (κ2) is 9.79. The molecule has 1 saturated heterocycles. The third kappa shape index (κ3) is 5.24. The Morgan fingerprint density at radius 2 is 1.79 bits per heavy atom. The Labute approximate surface area is 221 Å². The highest BCUT2D eigenvalue weighted by Crippen LogP contribution is 2.33. The number of carbonyl (C=O) groups excluding carboxylic acids is 1. The number of fused-ring (bicyclic) bond motifs is 1. The third-order valence-corrected chi connectivity index (χ3v) is 7.93. The summed E-state index contributed by atoms with van der Waals surface area (Å²) in [5, 5.41) is 0.110. The fraction of sp³-hybridized carbons (Fsp3) is 0.276. The maximum Gasteiger partial charge on any atom is 0.300 e. The zero-order chi connectivity index (χ0) is 27.1. The first-order valence-electron chi connectivity index (χ1n) is 12.4. The number of anilines is 1. The minimum absolute atomic E-state index is 0.108. The van der Waals surface area contributed by atoms with Crippen molar-refractivity contribution < 1.29 is 26.8 Å². The standard InChI is InChI=1S/C29H29FN2O5S/c1-29(2,3)20-10-11-24(36-18-19-8-5-4-6-9-19)27(14-20)38(34,35)31-28(33)26-17-22-23(30)15-21(16-25(22)37-26)32-12-7-13-32/h4-6,8-11,14-17H,7,12-13,18H2,1-3H3,(H,31,33). The molecular weight excluding hydrogens is 507 g/mol. The predicted molar refractivity (Wildman–Crippen MR) is 144 cm³/mol. The first-order chi connectivity index (χ1) is 18.0. The van der Waals surface area contributed by atoms with Gasteiger partial charge in [-0.3, -0.25) is 4.79 Å². The van der Waals surface area contributed by atoms with Crippen molar-refractivity contribution >= 4 is 32.6 Å². The van der Waals surface area contributed by atoms with Gasteiger partial charge < -0.3 is 14.1 Å². The molecule has 198 valence electrons. The molecule has 1 fully saturated rings. The lowest BCUT2D eigenvalue weighted by Gasteiger charge is -2.33. The first-order valence-corrected chi connectivity index (χ1v) is 13.9. The van der Waals surface area contributed by atoms with Crippen LogP contribution < -0.4 is 14.4 Å². The van der Waals surface area contributed by atoms with Crippen LogP contribution in [0.2, 0.25) is 0 Å². The number of furan rings is 1. The Bertz CT molecular complexity index is 1600. The molecule has 1 amide bonds. The molecule has 3 aromatic carbocycles. The van der Waals surface area contributed by atoms with Crippen molar-refractivity contribution in [1.29, 1.82) is 0 Å². The van der Waals surface area contributed by atoms with E-state index in [1.807, 2.05) is 56.0 Å². The molecule has 0 radical (unpaired) electrons. The monoisotopic (exact) mass is 536 g/mol. The van der Waals surface area contributed by atoms with Crippen LogP contribution in [0.25, 0.3) is 11.0 Å². The Balaban J connectivity index is 1.44. The van der Waals surface area contributed by atoms with E-state index in [-0.39, 0.29) is 39.4 Å². The Hall–Kier alpha value is -3.85. The Morgan fingerprint density at radius 1 is 1.05 bits per heavy atom. The number of nitrogens with one attached hydrogen (secondary N) is 1. The quantitative estimate of drug-likeness (QED) is 0.322. The van der Waals surface area contributed by atoms with Gasteiger partial charge in [-0.1, -0.05) is 57.2 Å². The van der Waals surface area contributed by atoms with Gasteiger partial charge in [-0.25, -0.2) is 17.5 Å². The lowest BCUT2D eigenvalue weighted by Crippen LogP contribution is -2.36. The van der Waals surface area contributed by atoms with E-state index < -0.39 is 21.7 Å². The van der Waals surface area contributed by atoms with E-state index in [0.29, 0.717) is 5.69 Å². The van der Waals surface area contributed by atoms with Gasteiger partial charge in [0.15, 0.2) is 5.76 Å². The van der Waals surface area contributed by atoms with E-state index >= 15 is 0 Å². The van der Waals surface area contributed by atoms with Gasteiger partial charge >= 0.3 is 5.91 Å². The van der Waals surface area contributed by atoms with E-state index in [0.717, 1.165) is 30.6 Å². The highest BCUT2D eigenvalue weighted by Gasteiger charge is 2.28. The molecular formula is C29H29FN2O5S. The number of halogens is 1. The van der Waals surface area contributed by atoms with Crippen LogP contribution in [-0.4, -0.2) is 27.4 Å². The summed E-state index contributed by atoms with van der Waals surface area (Å²) in [5.74, 6) is -1.73. The smallest absolute Gasteiger partial charge is 0.300 e. The SMILES string of the molecule is CC(C)(C)c1ccc(OCc2ccccc2)c(S(=O)(=O)NC(=O)c2cc3c(F)cc(N4CCC4)cc3o2)c1.